The second-order valence-corrected chi connectivity index (χ2v) is 6.89. The third-order valence-electron chi connectivity index (χ3n) is 4.41. The molecule has 1 fully saturated rings. The number of benzene rings is 1. The maximum absolute atomic E-state index is 4.63. The first kappa shape index (κ1) is 16.3. The number of nitrogens with one attached hydrogen (secondary N) is 1. The molecule has 1 saturated heterocycles. The van der Waals surface area contributed by atoms with Crippen LogP contribution in [0.2, 0.25) is 0 Å². The maximum atomic E-state index is 4.63. The SMILES string of the molecule is CCc1ccccc1Sc1cnc(N2CCC(NC)CC2)cn1. The van der Waals surface area contributed by atoms with Gasteiger partial charge >= 0.3 is 0 Å². The van der Waals surface area contributed by atoms with E-state index in [1.807, 2.05) is 19.4 Å². The van der Waals surface area contributed by atoms with Crippen LogP contribution in [0.25, 0.3) is 0 Å². The monoisotopic (exact) mass is 328 g/mol. The molecule has 23 heavy (non-hydrogen) atoms. The molecule has 122 valence electrons. The summed E-state index contributed by atoms with van der Waals surface area (Å²) in [6.07, 6.45) is 7.18. The highest BCUT2D eigenvalue weighted by molar-refractivity contribution is 7.99. The number of nitrogens with zero attached hydrogens (tertiary/aromatic N) is 3. The van der Waals surface area contributed by atoms with Gasteiger partial charge in [0.05, 0.1) is 12.4 Å². The van der Waals surface area contributed by atoms with Crippen molar-refractivity contribution in [2.45, 2.75) is 42.1 Å². The Labute approximate surface area is 142 Å². The average Bonchev–Trinajstić information content (AvgIpc) is 2.63. The fraction of sp³-hybridized carbons (Fsp3) is 0.444. The van der Waals surface area contributed by atoms with E-state index in [-0.39, 0.29) is 0 Å². The predicted octanol–water partition coefficient (Wildman–Crippen LogP) is 3.38. The van der Waals surface area contributed by atoms with Crippen molar-refractivity contribution >= 4 is 17.6 Å². The summed E-state index contributed by atoms with van der Waals surface area (Å²) >= 11 is 1.70. The number of hydrogen-bond donors (Lipinski definition) is 1. The van der Waals surface area contributed by atoms with Crippen LogP contribution in [0.1, 0.15) is 25.3 Å². The van der Waals surface area contributed by atoms with E-state index < -0.39 is 0 Å². The summed E-state index contributed by atoms with van der Waals surface area (Å²) < 4.78 is 0. The molecule has 0 spiro atoms. The lowest BCUT2D eigenvalue weighted by Gasteiger charge is -2.32. The Balaban J connectivity index is 1.65. The van der Waals surface area contributed by atoms with Crippen molar-refractivity contribution in [1.29, 1.82) is 0 Å². The van der Waals surface area contributed by atoms with E-state index in [1.54, 1.807) is 11.8 Å². The van der Waals surface area contributed by atoms with Crippen molar-refractivity contribution in [2.75, 3.05) is 25.0 Å². The van der Waals surface area contributed by atoms with E-state index in [1.165, 1.54) is 23.3 Å². The third-order valence-corrected chi connectivity index (χ3v) is 5.45. The minimum Gasteiger partial charge on any atom is -0.355 e. The highest BCUT2D eigenvalue weighted by atomic mass is 32.2. The van der Waals surface area contributed by atoms with Crippen molar-refractivity contribution in [3.63, 3.8) is 0 Å². The summed E-state index contributed by atoms with van der Waals surface area (Å²) in [6, 6.07) is 9.14. The summed E-state index contributed by atoms with van der Waals surface area (Å²) in [6.45, 7) is 4.28. The molecule has 0 saturated carbocycles. The molecule has 0 aliphatic carbocycles. The molecule has 1 aromatic carbocycles. The van der Waals surface area contributed by atoms with Gasteiger partial charge in [0.1, 0.15) is 10.8 Å². The molecular formula is C18H24N4S. The second-order valence-electron chi connectivity index (χ2n) is 5.83. The maximum Gasteiger partial charge on any atom is 0.147 e. The van der Waals surface area contributed by atoms with Gasteiger partial charge in [-0.2, -0.15) is 0 Å². The Morgan fingerprint density at radius 1 is 1.17 bits per heavy atom. The van der Waals surface area contributed by atoms with E-state index in [4.69, 9.17) is 0 Å². The smallest absolute Gasteiger partial charge is 0.147 e. The fourth-order valence-electron chi connectivity index (χ4n) is 2.93. The summed E-state index contributed by atoms with van der Waals surface area (Å²) in [5.74, 6) is 0.993. The summed E-state index contributed by atoms with van der Waals surface area (Å²) in [5.41, 5.74) is 1.36. The first-order valence-corrected chi connectivity index (χ1v) is 9.11. The van der Waals surface area contributed by atoms with Crippen LogP contribution in [0, 0.1) is 0 Å². The van der Waals surface area contributed by atoms with Crippen LogP contribution < -0.4 is 10.2 Å². The Bertz CT molecular complexity index is 621. The molecular weight excluding hydrogens is 304 g/mol. The van der Waals surface area contributed by atoms with Crippen LogP contribution in [-0.4, -0.2) is 36.1 Å². The van der Waals surface area contributed by atoms with Crippen LogP contribution in [0.3, 0.4) is 0 Å². The standard InChI is InChI=1S/C18H24N4S/c1-3-14-6-4-5-7-16(14)23-18-13-20-17(12-21-18)22-10-8-15(19-2)9-11-22/h4-7,12-13,15,19H,3,8-11H2,1-2H3. The number of aromatic nitrogens is 2. The van der Waals surface area contributed by atoms with Crippen molar-refractivity contribution in [2.24, 2.45) is 0 Å². The first-order valence-electron chi connectivity index (χ1n) is 8.30. The van der Waals surface area contributed by atoms with Crippen LogP contribution >= 0.6 is 11.8 Å². The molecule has 0 radical (unpaired) electrons. The molecule has 0 bridgehead atoms. The van der Waals surface area contributed by atoms with E-state index in [0.717, 1.165) is 30.4 Å². The number of anilines is 1. The number of hydrogen-bond acceptors (Lipinski definition) is 5. The van der Waals surface area contributed by atoms with Crippen LogP contribution in [-0.2, 0) is 6.42 Å². The zero-order valence-corrected chi connectivity index (χ0v) is 14.6. The molecule has 4 nitrogen and oxygen atoms in total. The Hall–Kier alpha value is -1.59. The zero-order chi connectivity index (χ0) is 16.1. The molecule has 0 atom stereocenters. The highest BCUT2D eigenvalue weighted by Crippen LogP contribution is 2.29. The first-order chi connectivity index (χ1) is 11.3. The number of rotatable bonds is 5. The normalized spacial score (nSPS) is 15.8. The minimum absolute atomic E-state index is 0.639. The molecule has 1 aromatic heterocycles. The van der Waals surface area contributed by atoms with Gasteiger partial charge in [-0.15, -0.1) is 0 Å². The van der Waals surface area contributed by atoms with E-state index >= 15 is 0 Å². The van der Waals surface area contributed by atoms with Crippen molar-refractivity contribution < 1.29 is 0 Å². The fourth-order valence-corrected chi connectivity index (χ4v) is 3.86. The second kappa shape index (κ2) is 7.79. The van der Waals surface area contributed by atoms with Crippen molar-refractivity contribution in [3.05, 3.63) is 42.2 Å². The molecule has 5 heteroatoms. The zero-order valence-electron chi connectivity index (χ0n) is 13.8. The van der Waals surface area contributed by atoms with Gasteiger partial charge < -0.3 is 10.2 Å². The minimum atomic E-state index is 0.639. The van der Waals surface area contributed by atoms with Crippen LogP contribution in [0.5, 0.6) is 0 Å². The topological polar surface area (TPSA) is 41.1 Å². The van der Waals surface area contributed by atoms with Crippen molar-refractivity contribution in [1.82, 2.24) is 15.3 Å². The lowest BCUT2D eigenvalue weighted by molar-refractivity contribution is 0.440. The van der Waals surface area contributed by atoms with Gasteiger partial charge in [-0.3, -0.25) is 0 Å². The van der Waals surface area contributed by atoms with E-state index in [0.29, 0.717) is 6.04 Å². The van der Waals surface area contributed by atoms with Gasteiger partial charge in [0.2, 0.25) is 0 Å². The average molecular weight is 328 g/mol. The Morgan fingerprint density at radius 2 is 1.96 bits per heavy atom. The quantitative estimate of drug-likeness (QED) is 0.911. The molecule has 3 rings (SSSR count). The lowest BCUT2D eigenvalue weighted by atomic mass is 10.1. The Morgan fingerprint density at radius 3 is 2.61 bits per heavy atom. The highest BCUT2D eigenvalue weighted by Gasteiger charge is 2.19. The van der Waals surface area contributed by atoms with Gasteiger partial charge in [-0.25, -0.2) is 9.97 Å². The molecule has 0 unspecified atom stereocenters. The molecule has 1 aliphatic heterocycles. The van der Waals surface area contributed by atoms with Gasteiger partial charge in [-0.05, 0) is 37.9 Å². The third kappa shape index (κ3) is 4.03. The largest absolute Gasteiger partial charge is 0.355 e. The van der Waals surface area contributed by atoms with Crippen LogP contribution in [0.15, 0.2) is 46.6 Å². The van der Waals surface area contributed by atoms with Gasteiger partial charge in [0, 0.05) is 24.0 Å². The van der Waals surface area contributed by atoms with Gasteiger partial charge in [-0.1, -0.05) is 36.9 Å². The van der Waals surface area contributed by atoms with E-state index in [9.17, 15) is 0 Å². The van der Waals surface area contributed by atoms with E-state index in [2.05, 4.69) is 51.4 Å². The van der Waals surface area contributed by atoms with Gasteiger partial charge in [0.25, 0.3) is 0 Å². The molecule has 1 aliphatic rings. The van der Waals surface area contributed by atoms with Crippen molar-refractivity contribution in [3.8, 4) is 0 Å². The van der Waals surface area contributed by atoms with Gasteiger partial charge in [0.15, 0.2) is 0 Å². The summed E-state index contributed by atoms with van der Waals surface area (Å²) in [7, 11) is 2.04. The molecule has 2 heterocycles. The summed E-state index contributed by atoms with van der Waals surface area (Å²) in [4.78, 5) is 12.8. The number of piperidine rings is 1. The number of aryl methyl sites for hydroxylation is 1. The molecule has 2 aromatic rings. The molecule has 1 N–H and O–H groups in total. The lowest BCUT2D eigenvalue weighted by Crippen LogP contribution is -2.41. The predicted molar refractivity (Wildman–Crippen MR) is 96.3 cm³/mol. The van der Waals surface area contributed by atoms with Crippen LogP contribution in [0.4, 0.5) is 5.82 Å². The summed E-state index contributed by atoms with van der Waals surface area (Å²) in [5, 5.41) is 4.32. The molecule has 0 amide bonds. The Kier molecular flexibility index (Phi) is 5.51.